The highest BCUT2D eigenvalue weighted by Gasteiger charge is 2.65. The Hall–Kier alpha value is -3.95. The Kier molecular flexibility index (Phi) is 6.98. The molecule has 3 aliphatic carbocycles. The number of fused-ring (bicyclic) bond motifs is 6. The molecule has 45 heavy (non-hydrogen) atoms. The number of carbonyl (C=O) groups is 4. The number of halogens is 1. The fourth-order valence-electron chi connectivity index (χ4n) is 8.37. The molecule has 7 rings (SSSR count). The van der Waals surface area contributed by atoms with Crippen LogP contribution in [0.4, 0.5) is 15.0 Å². The smallest absolute Gasteiger partial charge is 0.407 e. The van der Waals surface area contributed by atoms with E-state index in [0.717, 1.165) is 12.8 Å². The second-order valence-corrected chi connectivity index (χ2v) is 14.8. The highest BCUT2D eigenvalue weighted by Crippen LogP contribution is 2.59. The lowest BCUT2D eigenvalue weighted by Gasteiger charge is -2.38. The van der Waals surface area contributed by atoms with Gasteiger partial charge >= 0.3 is 6.09 Å². The third-order valence-corrected chi connectivity index (χ3v) is 10.8. The summed E-state index contributed by atoms with van der Waals surface area (Å²) in [5.41, 5.74) is -2.25. The summed E-state index contributed by atoms with van der Waals surface area (Å²) >= 11 is 0. The molecule has 3 saturated carbocycles. The first-order valence-corrected chi connectivity index (χ1v) is 15.9. The average Bonchev–Trinajstić information content (AvgIpc) is 3.30. The lowest BCUT2D eigenvalue weighted by atomic mass is 9.77. The van der Waals surface area contributed by atoms with Gasteiger partial charge in [-0.1, -0.05) is 20.8 Å². The Morgan fingerprint density at radius 1 is 1.27 bits per heavy atom. The zero-order valence-electron chi connectivity index (χ0n) is 25.7. The molecule has 13 heteroatoms. The van der Waals surface area contributed by atoms with Gasteiger partial charge in [-0.05, 0) is 72.8 Å². The third-order valence-electron chi connectivity index (χ3n) is 10.8. The van der Waals surface area contributed by atoms with Gasteiger partial charge in [-0.25, -0.2) is 14.2 Å². The number of amides is 4. The normalized spacial score (nSPS) is 35.3. The Balaban J connectivity index is 1.19. The van der Waals surface area contributed by atoms with Crippen LogP contribution in [0.2, 0.25) is 0 Å². The van der Waals surface area contributed by atoms with Crippen molar-refractivity contribution >= 4 is 29.6 Å². The second kappa shape index (κ2) is 10.6. The topological polar surface area (TPSA) is 154 Å². The maximum atomic E-state index is 15.3. The zero-order chi connectivity index (χ0) is 31.8. The molecule has 4 heterocycles. The molecule has 6 aliphatic rings. The number of nitrogens with one attached hydrogen (secondary N) is 2. The molecule has 9 atom stereocenters. The first-order chi connectivity index (χ1) is 21.4. The highest BCUT2D eigenvalue weighted by atomic mass is 19.1. The molecule has 2 saturated heterocycles. The maximum absolute atomic E-state index is 15.3. The summed E-state index contributed by atoms with van der Waals surface area (Å²) in [5, 5.41) is 15.7. The monoisotopic (exact) mass is 622 g/mol. The number of anilines is 1. The van der Waals surface area contributed by atoms with Crippen molar-refractivity contribution in [1.82, 2.24) is 20.1 Å². The van der Waals surface area contributed by atoms with Crippen LogP contribution in [0.15, 0.2) is 18.3 Å². The van der Waals surface area contributed by atoms with Crippen molar-refractivity contribution in [3.63, 3.8) is 0 Å². The Bertz CT molecular complexity index is 1470. The average molecular weight is 623 g/mol. The number of nitriles is 1. The Morgan fingerprint density at radius 3 is 2.76 bits per heavy atom. The molecule has 2 bridgehead atoms. The number of alkyl carbamates (subject to hydrolysis) is 1. The van der Waals surface area contributed by atoms with Crippen molar-refractivity contribution in [3.05, 3.63) is 18.3 Å². The van der Waals surface area contributed by atoms with Crippen LogP contribution in [-0.4, -0.2) is 88.2 Å². The van der Waals surface area contributed by atoms with E-state index in [1.54, 1.807) is 12.1 Å². The van der Waals surface area contributed by atoms with E-state index in [-0.39, 0.29) is 49.7 Å². The van der Waals surface area contributed by atoms with Crippen LogP contribution in [0.1, 0.15) is 52.9 Å². The summed E-state index contributed by atoms with van der Waals surface area (Å²) < 4.78 is 26.8. The van der Waals surface area contributed by atoms with Crippen molar-refractivity contribution < 1.29 is 33.0 Å². The SMILES string of the molecule is CC(C)(C)C(NC(=O)OCC1CC1)C(=O)N1CC2C3CC(F)C(C3)C2C1C(=O)N1CC2(CC1C#N)Oc1cccnc1NC2=O. The number of ether oxygens (including phenoxy) is 2. The summed E-state index contributed by atoms with van der Waals surface area (Å²) in [5.74, 6) is -1.37. The molecule has 1 spiro atoms. The molecular weight excluding hydrogens is 583 g/mol. The van der Waals surface area contributed by atoms with E-state index in [9.17, 15) is 24.4 Å². The van der Waals surface area contributed by atoms with Crippen molar-refractivity contribution in [2.45, 2.75) is 82.8 Å². The van der Waals surface area contributed by atoms with Gasteiger partial charge in [0.2, 0.25) is 17.4 Å². The molecule has 0 radical (unpaired) electrons. The largest absolute Gasteiger partial charge is 0.472 e. The number of hydrogen-bond donors (Lipinski definition) is 2. The van der Waals surface area contributed by atoms with Crippen LogP contribution in [-0.2, 0) is 19.1 Å². The summed E-state index contributed by atoms with van der Waals surface area (Å²) in [6.07, 6.45) is 2.74. The van der Waals surface area contributed by atoms with E-state index in [0.29, 0.717) is 24.5 Å². The molecular formula is C32H39FN6O6. The molecule has 5 fully saturated rings. The lowest BCUT2D eigenvalue weighted by Crippen LogP contribution is -2.60. The molecule has 1 aromatic heterocycles. The van der Waals surface area contributed by atoms with Gasteiger partial charge in [-0.3, -0.25) is 14.4 Å². The van der Waals surface area contributed by atoms with Gasteiger partial charge in [0, 0.05) is 19.2 Å². The number of likely N-dealkylation sites (tertiary alicyclic amines) is 2. The minimum absolute atomic E-state index is 0.0424. The van der Waals surface area contributed by atoms with Gasteiger partial charge in [0.15, 0.2) is 11.6 Å². The standard InChI is InChI=1S/C32H39FN6O6/c1-31(2,3)25(36-30(43)44-14-16-6-7-16)28(41)38-13-20-17-9-19(21(33)10-17)23(20)24(38)27(40)39-15-32(11-18(39)12-34)29(42)37-26-22(45-32)5-4-8-35-26/h4-5,8,16-21,23-25H,6-7,9-11,13-15H2,1-3H3,(H,36,43)(H,35,37,42). The molecule has 0 aromatic carbocycles. The first kappa shape index (κ1) is 29.7. The number of nitrogens with zero attached hydrogens (tertiary/aromatic N) is 4. The highest BCUT2D eigenvalue weighted by molar-refractivity contribution is 6.01. The quantitative estimate of drug-likeness (QED) is 0.508. The zero-order valence-corrected chi connectivity index (χ0v) is 25.7. The lowest BCUT2D eigenvalue weighted by molar-refractivity contribution is -0.149. The van der Waals surface area contributed by atoms with E-state index in [4.69, 9.17) is 9.47 Å². The Morgan fingerprint density at radius 2 is 2.04 bits per heavy atom. The number of alkyl halides is 1. The van der Waals surface area contributed by atoms with E-state index in [2.05, 4.69) is 21.7 Å². The predicted octanol–water partition coefficient (Wildman–Crippen LogP) is 2.65. The van der Waals surface area contributed by atoms with Crippen LogP contribution < -0.4 is 15.4 Å². The minimum atomic E-state index is -1.52. The number of rotatable bonds is 5. The summed E-state index contributed by atoms with van der Waals surface area (Å²) in [4.78, 5) is 62.2. The number of pyridine rings is 1. The van der Waals surface area contributed by atoms with Crippen molar-refractivity contribution in [1.29, 1.82) is 5.26 Å². The van der Waals surface area contributed by atoms with Gasteiger partial charge in [0.1, 0.15) is 24.3 Å². The third kappa shape index (κ3) is 4.97. The summed E-state index contributed by atoms with van der Waals surface area (Å²) in [6, 6.07) is 2.42. The minimum Gasteiger partial charge on any atom is -0.472 e. The van der Waals surface area contributed by atoms with E-state index in [1.165, 1.54) is 16.0 Å². The predicted molar refractivity (Wildman–Crippen MR) is 156 cm³/mol. The molecule has 9 unspecified atom stereocenters. The van der Waals surface area contributed by atoms with Crippen LogP contribution in [0.3, 0.4) is 0 Å². The fraction of sp³-hybridized carbons (Fsp3) is 0.688. The summed E-state index contributed by atoms with van der Waals surface area (Å²) in [6.45, 7) is 5.82. The number of aromatic nitrogens is 1. The number of carbonyl (C=O) groups excluding carboxylic acids is 4. The van der Waals surface area contributed by atoms with E-state index >= 15 is 4.39 Å². The Labute approximate surface area is 261 Å². The van der Waals surface area contributed by atoms with Gasteiger partial charge < -0.3 is 29.9 Å². The fourth-order valence-corrected chi connectivity index (χ4v) is 8.37. The van der Waals surface area contributed by atoms with Crippen molar-refractivity contribution in [2.24, 2.45) is 35.0 Å². The van der Waals surface area contributed by atoms with Gasteiger partial charge in [0.25, 0.3) is 5.91 Å². The van der Waals surface area contributed by atoms with Gasteiger partial charge in [-0.15, -0.1) is 0 Å². The first-order valence-electron chi connectivity index (χ1n) is 15.9. The van der Waals surface area contributed by atoms with Crippen LogP contribution in [0.25, 0.3) is 0 Å². The van der Waals surface area contributed by atoms with Gasteiger partial charge in [-0.2, -0.15) is 5.26 Å². The molecule has 240 valence electrons. The van der Waals surface area contributed by atoms with E-state index in [1.807, 2.05) is 20.8 Å². The van der Waals surface area contributed by atoms with Crippen LogP contribution >= 0.6 is 0 Å². The summed E-state index contributed by atoms with van der Waals surface area (Å²) in [7, 11) is 0. The molecule has 1 aromatic rings. The van der Waals surface area contributed by atoms with Crippen molar-refractivity contribution in [3.8, 4) is 11.8 Å². The van der Waals surface area contributed by atoms with Crippen LogP contribution in [0.5, 0.6) is 5.75 Å². The number of hydrogen-bond acceptors (Lipinski definition) is 8. The van der Waals surface area contributed by atoms with Gasteiger partial charge in [0.05, 0.1) is 19.2 Å². The van der Waals surface area contributed by atoms with Crippen molar-refractivity contribution in [2.75, 3.05) is 25.0 Å². The molecule has 12 nitrogen and oxygen atoms in total. The van der Waals surface area contributed by atoms with Crippen LogP contribution in [0, 0.1) is 46.3 Å². The molecule has 2 N–H and O–H groups in total. The van der Waals surface area contributed by atoms with E-state index < -0.39 is 65.0 Å². The maximum Gasteiger partial charge on any atom is 0.407 e. The second-order valence-electron chi connectivity index (χ2n) is 14.8. The molecule has 3 aliphatic heterocycles. The molecule has 4 amide bonds.